The Hall–Kier alpha value is -1.29. The Morgan fingerprint density at radius 3 is 2.72 bits per heavy atom. The van der Waals surface area contributed by atoms with Crippen molar-refractivity contribution in [3.8, 4) is 0 Å². The van der Waals surface area contributed by atoms with Crippen LogP contribution in [0.5, 0.6) is 0 Å². The number of allylic oxidation sites excluding steroid dienone is 1. The maximum Gasteiger partial charge on any atom is 0.171 e. The second kappa shape index (κ2) is 8.75. The van der Waals surface area contributed by atoms with E-state index in [4.69, 9.17) is 4.74 Å². The van der Waals surface area contributed by atoms with Crippen LogP contribution in [0.4, 0.5) is 0 Å². The van der Waals surface area contributed by atoms with Crippen LogP contribution in [-0.4, -0.2) is 44.4 Å². The number of hydrogen-bond acceptors (Lipinski definition) is 4. The fraction of sp³-hybridized carbons (Fsp3) is 0.643. The average molecular weight is 251 g/mol. The van der Waals surface area contributed by atoms with Crippen molar-refractivity contribution in [1.29, 1.82) is 0 Å². The summed E-state index contributed by atoms with van der Waals surface area (Å²) in [7, 11) is 1.67. The van der Waals surface area contributed by atoms with Crippen LogP contribution in [0.15, 0.2) is 29.2 Å². The summed E-state index contributed by atoms with van der Waals surface area (Å²) < 4.78 is 5.36. The van der Waals surface area contributed by atoms with E-state index in [1.807, 2.05) is 6.21 Å². The van der Waals surface area contributed by atoms with E-state index in [1.54, 1.807) is 13.2 Å². The summed E-state index contributed by atoms with van der Waals surface area (Å²) in [6.07, 6.45) is 7.10. The molecule has 0 unspecified atom stereocenters. The summed E-state index contributed by atoms with van der Waals surface area (Å²) in [5, 5.41) is 3.34. The summed E-state index contributed by atoms with van der Waals surface area (Å²) in [6.45, 7) is 9.87. The third-order valence-corrected chi connectivity index (χ3v) is 2.94. The number of aliphatic imine (C=N–C) groups is 1. The molecule has 1 aliphatic heterocycles. The van der Waals surface area contributed by atoms with Gasteiger partial charge in [0.25, 0.3) is 0 Å². The van der Waals surface area contributed by atoms with Gasteiger partial charge in [0.2, 0.25) is 0 Å². The van der Waals surface area contributed by atoms with Gasteiger partial charge in [0, 0.05) is 32.4 Å². The van der Waals surface area contributed by atoms with Gasteiger partial charge in [-0.1, -0.05) is 19.9 Å². The van der Waals surface area contributed by atoms with Crippen molar-refractivity contribution in [3.05, 3.63) is 24.2 Å². The lowest BCUT2D eigenvalue weighted by atomic mass is 10.3. The molecule has 102 valence electrons. The van der Waals surface area contributed by atoms with Gasteiger partial charge in [-0.2, -0.15) is 0 Å². The number of unbranched alkanes of at least 4 members (excludes halogenated alkanes) is 2. The predicted octanol–water partition coefficient (Wildman–Crippen LogP) is 2.15. The lowest BCUT2D eigenvalue weighted by molar-refractivity contribution is 0.249. The summed E-state index contributed by atoms with van der Waals surface area (Å²) in [6, 6.07) is 0. The minimum Gasteiger partial charge on any atom is -0.493 e. The molecule has 0 aliphatic carbocycles. The van der Waals surface area contributed by atoms with Crippen molar-refractivity contribution >= 4 is 6.21 Å². The molecule has 1 rings (SSSR count). The minimum absolute atomic E-state index is 0.754. The molecule has 0 saturated carbocycles. The number of nitrogens with one attached hydrogen (secondary N) is 1. The van der Waals surface area contributed by atoms with Gasteiger partial charge in [0.15, 0.2) is 11.6 Å². The molecule has 0 radical (unpaired) electrons. The third-order valence-electron chi connectivity index (χ3n) is 2.94. The Bertz CT molecular complexity index is 304. The molecule has 0 aromatic carbocycles. The second-order valence-electron chi connectivity index (χ2n) is 4.29. The molecule has 1 aliphatic rings. The van der Waals surface area contributed by atoms with Crippen LogP contribution < -0.4 is 5.32 Å². The molecule has 0 aromatic rings. The van der Waals surface area contributed by atoms with Gasteiger partial charge in [0.05, 0.1) is 7.11 Å². The van der Waals surface area contributed by atoms with E-state index in [9.17, 15) is 0 Å². The highest BCUT2D eigenvalue weighted by Gasteiger charge is 2.15. The molecule has 0 amide bonds. The van der Waals surface area contributed by atoms with Crippen molar-refractivity contribution in [1.82, 2.24) is 10.2 Å². The Balaban J connectivity index is 2.76. The molecule has 1 saturated heterocycles. The van der Waals surface area contributed by atoms with Gasteiger partial charge in [-0.05, 0) is 18.9 Å². The molecular formula is C14H25N3O. The monoisotopic (exact) mass is 251 g/mol. The maximum atomic E-state index is 5.36. The van der Waals surface area contributed by atoms with Gasteiger partial charge in [-0.3, -0.25) is 0 Å². The first-order valence-electron chi connectivity index (χ1n) is 6.72. The molecule has 1 fully saturated rings. The van der Waals surface area contributed by atoms with Crippen molar-refractivity contribution in [2.75, 3.05) is 33.3 Å². The highest BCUT2D eigenvalue weighted by Crippen LogP contribution is 2.14. The number of hydrogen-bond donors (Lipinski definition) is 1. The van der Waals surface area contributed by atoms with E-state index in [2.05, 4.69) is 28.7 Å². The lowest BCUT2D eigenvalue weighted by Crippen LogP contribution is -2.43. The van der Waals surface area contributed by atoms with Gasteiger partial charge in [-0.25, -0.2) is 4.99 Å². The standard InChI is InChI=1S/C14H25N3O/c1-4-6-7-8-16-14(13(5-2)18-3)17-11-9-15-10-12-17/h5,8,15H,2,4,6-7,9-12H2,1,3H3/b14-13-,16-8?. The first-order chi connectivity index (χ1) is 8.83. The molecule has 4 heteroatoms. The van der Waals surface area contributed by atoms with Crippen LogP contribution >= 0.6 is 0 Å². The molecular weight excluding hydrogens is 226 g/mol. The van der Waals surface area contributed by atoms with Crippen LogP contribution in [0.1, 0.15) is 26.2 Å². The van der Waals surface area contributed by atoms with E-state index in [0.717, 1.165) is 44.2 Å². The highest BCUT2D eigenvalue weighted by atomic mass is 16.5. The summed E-state index contributed by atoms with van der Waals surface area (Å²) in [5.41, 5.74) is 0. The topological polar surface area (TPSA) is 36.9 Å². The minimum atomic E-state index is 0.754. The van der Waals surface area contributed by atoms with Crippen LogP contribution in [0.25, 0.3) is 0 Å². The zero-order valence-corrected chi connectivity index (χ0v) is 11.6. The molecule has 1 heterocycles. The second-order valence-corrected chi connectivity index (χ2v) is 4.29. The zero-order valence-electron chi connectivity index (χ0n) is 11.6. The molecule has 4 nitrogen and oxygen atoms in total. The van der Waals surface area contributed by atoms with Gasteiger partial charge in [0.1, 0.15) is 0 Å². The van der Waals surface area contributed by atoms with Crippen molar-refractivity contribution in [2.24, 2.45) is 4.99 Å². The first kappa shape index (κ1) is 14.8. The van der Waals surface area contributed by atoms with Crippen molar-refractivity contribution in [2.45, 2.75) is 26.2 Å². The zero-order chi connectivity index (χ0) is 13.2. The van der Waals surface area contributed by atoms with E-state index in [1.165, 1.54) is 12.8 Å². The summed E-state index contributed by atoms with van der Waals surface area (Å²) in [5.74, 6) is 1.66. The molecule has 0 atom stereocenters. The Morgan fingerprint density at radius 1 is 1.44 bits per heavy atom. The Labute approximate surface area is 110 Å². The van der Waals surface area contributed by atoms with Crippen molar-refractivity contribution < 1.29 is 4.74 Å². The maximum absolute atomic E-state index is 5.36. The van der Waals surface area contributed by atoms with Crippen LogP contribution in [0, 0.1) is 0 Å². The number of nitrogens with zero attached hydrogens (tertiary/aromatic N) is 2. The Morgan fingerprint density at radius 2 is 2.17 bits per heavy atom. The number of ether oxygens (including phenoxy) is 1. The van der Waals surface area contributed by atoms with Crippen molar-refractivity contribution in [3.63, 3.8) is 0 Å². The fourth-order valence-corrected chi connectivity index (χ4v) is 1.89. The van der Waals surface area contributed by atoms with E-state index in [0.29, 0.717) is 0 Å². The molecule has 0 spiro atoms. The highest BCUT2D eigenvalue weighted by molar-refractivity contribution is 5.59. The summed E-state index contributed by atoms with van der Waals surface area (Å²) in [4.78, 5) is 6.83. The quantitative estimate of drug-likeness (QED) is 0.326. The predicted molar refractivity (Wildman–Crippen MR) is 76.7 cm³/mol. The van der Waals surface area contributed by atoms with Crippen LogP contribution in [-0.2, 0) is 4.74 Å². The summed E-state index contributed by atoms with van der Waals surface area (Å²) >= 11 is 0. The first-order valence-corrected chi connectivity index (χ1v) is 6.72. The molecule has 1 N–H and O–H groups in total. The van der Waals surface area contributed by atoms with E-state index < -0.39 is 0 Å². The SMILES string of the molecule is C=C/C(OC)=C(\N=CCCCC)N1CCNCC1. The number of methoxy groups -OCH3 is 1. The number of piperazine rings is 1. The lowest BCUT2D eigenvalue weighted by Gasteiger charge is -2.30. The van der Waals surface area contributed by atoms with Crippen LogP contribution in [0.2, 0.25) is 0 Å². The molecule has 0 aromatic heterocycles. The molecule has 0 bridgehead atoms. The largest absolute Gasteiger partial charge is 0.493 e. The third kappa shape index (κ3) is 4.53. The number of rotatable bonds is 7. The normalized spacial score (nSPS) is 17.8. The van der Waals surface area contributed by atoms with Gasteiger partial charge in [-0.15, -0.1) is 0 Å². The van der Waals surface area contributed by atoms with Gasteiger partial charge >= 0.3 is 0 Å². The van der Waals surface area contributed by atoms with Crippen LogP contribution in [0.3, 0.4) is 0 Å². The van der Waals surface area contributed by atoms with Gasteiger partial charge < -0.3 is 15.0 Å². The van der Waals surface area contributed by atoms with E-state index >= 15 is 0 Å². The smallest absolute Gasteiger partial charge is 0.171 e. The average Bonchev–Trinajstić information content (AvgIpc) is 2.43. The Kier molecular flexibility index (Phi) is 7.18. The molecule has 18 heavy (non-hydrogen) atoms. The fourth-order valence-electron chi connectivity index (χ4n) is 1.89. The van der Waals surface area contributed by atoms with E-state index in [-0.39, 0.29) is 0 Å².